The summed E-state index contributed by atoms with van der Waals surface area (Å²) in [5.41, 5.74) is 0.456. The molecule has 0 atom stereocenters. The zero-order valence-corrected chi connectivity index (χ0v) is 16.0. The zero-order chi connectivity index (χ0) is 18.3. The van der Waals surface area contributed by atoms with Crippen LogP contribution < -0.4 is 4.74 Å². The average molecular weight is 349 g/mol. The Morgan fingerprint density at radius 2 is 1.48 bits per heavy atom. The van der Waals surface area contributed by atoms with Gasteiger partial charge in [-0.05, 0) is 44.0 Å². The Morgan fingerprint density at radius 3 is 2.12 bits per heavy atom. The highest BCUT2D eigenvalue weighted by Crippen LogP contribution is 2.17. The zero-order valence-electron chi connectivity index (χ0n) is 16.0. The van der Waals surface area contributed by atoms with Gasteiger partial charge in [-0.25, -0.2) is 4.79 Å². The van der Waals surface area contributed by atoms with Gasteiger partial charge in [0.15, 0.2) is 0 Å². The molecule has 0 heterocycles. The number of carbonyl (C=O) groups is 1. The molecule has 0 aliphatic rings. The van der Waals surface area contributed by atoms with Crippen LogP contribution in [0.1, 0.15) is 88.9 Å². The molecule has 1 rings (SSSR count). The Morgan fingerprint density at radius 1 is 0.840 bits per heavy atom. The normalized spacial score (nSPS) is 10.9. The predicted molar refractivity (Wildman–Crippen MR) is 100 cm³/mol. The number of ether oxygens (including phenoxy) is 1. The molecule has 0 saturated carbocycles. The Labute approximate surface area is 152 Å². The summed E-state index contributed by atoms with van der Waals surface area (Å²) in [4.78, 5) is 22.0. The van der Waals surface area contributed by atoms with Gasteiger partial charge in [-0.1, -0.05) is 58.8 Å². The highest BCUT2D eigenvalue weighted by molar-refractivity contribution is 5.89. The van der Waals surface area contributed by atoms with E-state index in [1.807, 2.05) is 6.92 Å². The number of hydrogen-bond acceptors (Lipinski definition) is 4. The first kappa shape index (κ1) is 21.5. The molecule has 0 spiro atoms. The van der Waals surface area contributed by atoms with Crippen molar-refractivity contribution in [3.05, 3.63) is 35.9 Å². The van der Waals surface area contributed by atoms with Crippen LogP contribution in [0.15, 0.2) is 24.3 Å². The fourth-order valence-corrected chi connectivity index (χ4v) is 2.41. The van der Waals surface area contributed by atoms with Gasteiger partial charge >= 0.3 is 5.97 Å². The van der Waals surface area contributed by atoms with E-state index in [0.29, 0.717) is 12.2 Å². The summed E-state index contributed by atoms with van der Waals surface area (Å²) in [5, 5.41) is 0. The molecular formula is C21H33O4. The topological polar surface area (TPSA) is 44.8 Å². The summed E-state index contributed by atoms with van der Waals surface area (Å²) < 4.78 is 5.66. The number of carbonyl (C=O) groups excluding carboxylic acids is 1. The lowest BCUT2D eigenvalue weighted by molar-refractivity contribution is -0.233. The van der Waals surface area contributed by atoms with Gasteiger partial charge in [0.05, 0.1) is 12.2 Å². The molecule has 0 bridgehead atoms. The molecule has 1 aromatic carbocycles. The van der Waals surface area contributed by atoms with E-state index >= 15 is 0 Å². The minimum absolute atomic E-state index is 0.456. The van der Waals surface area contributed by atoms with Crippen LogP contribution >= 0.6 is 0 Å². The predicted octanol–water partition coefficient (Wildman–Crippen LogP) is 6.26. The van der Waals surface area contributed by atoms with Crippen LogP contribution in [-0.2, 0) is 9.78 Å². The highest BCUT2D eigenvalue weighted by Gasteiger charge is 2.12. The second-order valence-corrected chi connectivity index (χ2v) is 6.40. The first-order chi connectivity index (χ1) is 12.2. The van der Waals surface area contributed by atoms with Gasteiger partial charge in [0.2, 0.25) is 0 Å². The standard InChI is InChI=1S/C21H33O4/c1-4-6-8-10-12-18(3)24-25-21(22)19-13-15-20(16-14-19)23-17-11-9-7-5-2/h13-16H,4-12,17H2,1-3H3. The Bertz CT molecular complexity index is 455. The van der Waals surface area contributed by atoms with Crippen LogP contribution in [-0.4, -0.2) is 12.6 Å². The van der Waals surface area contributed by atoms with Gasteiger partial charge in [-0.3, -0.25) is 4.89 Å². The molecule has 25 heavy (non-hydrogen) atoms. The van der Waals surface area contributed by atoms with Crippen molar-refractivity contribution < 1.29 is 19.3 Å². The van der Waals surface area contributed by atoms with E-state index in [2.05, 4.69) is 13.8 Å². The highest BCUT2D eigenvalue weighted by atomic mass is 17.2. The van der Waals surface area contributed by atoms with Gasteiger partial charge < -0.3 is 4.74 Å². The molecule has 0 saturated heterocycles. The lowest BCUT2D eigenvalue weighted by Crippen LogP contribution is -2.09. The van der Waals surface area contributed by atoms with Crippen molar-refractivity contribution in [1.29, 1.82) is 0 Å². The van der Waals surface area contributed by atoms with Crippen molar-refractivity contribution in [2.45, 2.75) is 78.6 Å². The van der Waals surface area contributed by atoms with Gasteiger partial charge in [0.25, 0.3) is 0 Å². The molecule has 0 aliphatic carbocycles. The van der Waals surface area contributed by atoms with Crippen molar-refractivity contribution >= 4 is 5.97 Å². The Hall–Kier alpha value is -1.55. The van der Waals surface area contributed by atoms with Crippen molar-refractivity contribution in [2.24, 2.45) is 0 Å². The second-order valence-electron chi connectivity index (χ2n) is 6.40. The van der Waals surface area contributed by atoms with E-state index in [4.69, 9.17) is 14.5 Å². The van der Waals surface area contributed by atoms with E-state index in [-0.39, 0.29) is 0 Å². The third-order valence-corrected chi connectivity index (χ3v) is 4.00. The van der Waals surface area contributed by atoms with E-state index < -0.39 is 5.97 Å². The quantitative estimate of drug-likeness (QED) is 0.226. The third-order valence-electron chi connectivity index (χ3n) is 4.00. The molecule has 0 aromatic heterocycles. The number of benzene rings is 1. The first-order valence-corrected chi connectivity index (χ1v) is 9.61. The Balaban J connectivity index is 2.24. The molecule has 1 radical (unpaired) electrons. The minimum Gasteiger partial charge on any atom is -0.494 e. The number of rotatable bonds is 14. The second kappa shape index (κ2) is 13.7. The molecule has 0 unspecified atom stereocenters. The summed E-state index contributed by atoms with van der Waals surface area (Å²) in [6.45, 7) is 6.92. The fraction of sp³-hybridized carbons (Fsp3) is 0.619. The summed E-state index contributed by atoms with van der Waals surface area (Å²) in [7, 11) is 0. The monoisotopic (exact) mass is 349 g/mol. The van der Waals surface area contributed by atoms with Crippen LogP contribution in [0, 0.1) is 6.10 Å². The maximum atomic E-state index is 12.0. The summed E-state index contributed by atoms with van der Waals surface area (Å²) in [5.74, 6) is 0.287. The third kappa shape index (κ3) is 10.1. The van der Waals surface area contributed by atoms with E-state index in [1.54, 1.807) is 24.3 Å². The van der Waals surface area contributed by atoms with E-state index in [0.717, 1.165) is 31.1 Å². The maximum Gasteiger partial charge on any atom is 0.373 e. The van der Waals surface area contributed by atoms with Gasteiger partial charge in [0.1, 0.15) is 11.9 Å². The van der Waals surface area contributed by atoms with E-state index in [1.165, 1.54) is 38.5 Å². The van der Waals surface area contributed by atoms with Crippen LogP contribution in [0.5, 0.6) is 5.75 Å². The van der Waals surface area contributed by atoms with Crippen LogP contribution in [0.4, 0.5) is 0 Å². The van der Waals surface area contributed by atoms with Crippen molar-refractivity contribution in [3.63, 3.8) is 0 Å². The smallest absolute Gasteiger partial charge is 0.373 e. The lowest BCUT2D eigenvalue weighted by Gasteiger charge is -2.10. The molecule has 0 aliphatic heterocycles. The first-order valence-electron chi connectivity index (χ1n) is 9.61. The molecule has 0 amide bonds. The van der Waals surface area contributed by atoms with Gasteiger partial charge in [-0.2, -0.15) is 4.89 Å². The molecular weight excluding hydrogens is 316 g/mol. The van der Waals surface area contributed by atoms with Gasteiger partial charge in [-0.15, -0.1) is 0 Å². The molecule has 1 aromatic rings. The van der Waals surface area contributed by atoms with Crippen molar-refractivity contribution in [2.75, 3.05) is 6.61 Å². The molecule has 0 N–H and O–H groups in total. The van der Waals surface area contributed by atoms with Crippen LogP contribution in [0.2, 0.25) is 0 Å². The number of hydrogen-bond donors (Lipinski definition) is 0. The summed E-state index contributed by atoms with van der Waals surface area (Å²) >= 11 is 0. The SMILES string of the molecule is CCCCCCOc1ccc(C(=O)OO[C](C)CCCCCC)cc1. The minimum atomic E-state index is -0.484. The molecule has 0 fully saturated rings. The summed E-state index contributed by atoms with van der Waals surface area (Å²) in [6, 6.07) is 6.97. The van der Waals surface area contributed by atoms with Crippen molar-refractivity contribution in [3.8, 4) is 5.75 Å². The summed E-state index contributed by atoms with van der Waals surface area (Å²) in [6.07, 6.45) is 10.9. The average Bonchev–Trinajstić information content (AvgIpc) is 2.63. The lowest BCUT2D eigenvalue weighted by atomic mass is 10.1. The molecule has 4 heteroatoms. The number of unbranched alkanes of at least 4 members (excludes halogenated alkanes) is 6. The van der Waals surface area contributed by atoms with Gasteiger partial charge in [0, 0.05) is 0 Å². The van der Waals surface area contributed by atoms with Crippen LogP contribution in [0.25, 0.3) is 0 Å². The van der Waals surface area contributed by atoms with Crippen LogP contribution in [0.3, 0.4) is 0 Å². The fourth-order valence-electron chi connectivity index (χ4n) is 2.41. The largest absolute Gasteiger partial charge is 0.494 e. The molecule has 141 valence electrons. The van der Waals surface area contributed by atoms with E-state index in [9.17, 15) is 4.79 Å². The van der Waals surface area contributed by atoms with Crippen molar-refractivity contribution in [1.82, 2.24) is 0 Å². The Kier molecular flexibility index (Phi) is 11.8. The molecule has 4 nitrogen and oxygen atoms in total. The maximum absolute atomic E-state index is 12.0.